The summed E-state index contributed by atoms with van der Waals surface area (Å²) in [5.74, 6) is 1.34. The lowest BCUT2D eigenvalue weighted by Gasteiger charge is -2.16. The second-order valence-electron chi connectivity index (χ2n) is 4.22. The third kappa shape index (κ3) is 3.93. The molecule has 0 N–H and O–H groups in total. The van der Waals surface area contributed by atoms with Crippen molar-refractivity contribution in [3.63, 3.8) is 0 Å². The average Bonchev–Trinajstić information content (AvgIpc) is 2.24. The normalized spacial score (nSPS) is 10.6. The van der Waals surface area contributed by atoms with Crippen LogP contribution in [-0.4, -0.2) is 17.9 Å². The molecule has 1 aromatic rings. The summed E-state index contributed by atoms with van der Waals surface area (Å²) in [6.45, 7) is 4.23. The lowest BCUT2D eigenvalue weighted by molar-refractivity contribution is -0.118. The molecular formula is C12H17BrN2O. The molecule has 0 aromatic carbocycles. The van der Waals surface area contributed by atoms with E-state index >= 15 is 0 Å². The predicted molar refractivity (Wildman–Crippen MR) is 69.4 cm³/mol. The minimum Gasteiger partial charge on any atom is -0.300 e. The summed E-state index contributed by atoms with van der Waals surface area (Å²) in [6, 6.07) is 3.68. The maximum absolute atomic E-state index is 11.8. The summed E-state index contributed by atoms with van der Waals surface area (Å²) < 4.78 is 0.931. The van der Waals surface area contributed by atoms with Gasteiger partial charge in [-0.25, -0.2) is 4.98 Å². The van der Waals surface area contributed by atoms with Crippen molar-refractivity contribution in [1.29, 1.82) is 0 Å². The third-order valence-corrected chi connectivity index (χ3v) is 2.85. The topological polar surface area (TPSA) is 33.2 Å². The van der Waals surface area contributed by atoms with Crippen LogP contribution in [-0.2, 0) is 4.79 Å². The van der Waals surface area contributed by atoms with Gasteiger partial charge < -0.3 is 0 Å². The van der Waals surface area contributed by atoms with Crippen LogP contribution >= 0.6 is 15.9 Å². The van der Waals surface area contributed by atoms with Crippen molar-refractivity contribution in [1.82, 2.24) is 4.98 Å². The lowest BCUT2D eigenvalue weighted by atomic mass is 10.1. The standard InChI is InChI=1S/C12H17BrN2O/c1-9(2)4-5-12(16)15(3)11-8-10(13)6-7-14-11/h6-9H,4-5H2,1-3H3. The van der Waals surface area contributed by atoms with E-state index in [1.807, 2.05) is 12.1 Å². The average molecular weight is 285 g/mol. The molecule has 0 aliphatic rings. The molecule has 3 nitrogen and oxygen atoms in total. The van der Waals surface area contributed by atoms with E-state index in [9.17, 15) is 4.79 Å². The van der Waals surface area contributed by atoms with E-state index < -0.39 is 0 Å². The van der Waals surface area contributed by atoms with Crippen LogP contribution in [0.1, 0.15) is 26.7 Å². The van der Waals surface area contributed by atoms with Crippen molar-refractivity contribution < 1.29 is 4.79 Å². The van der Waals surface area contributed by atoms with Gasteiger partial charge in [0.05, 0.1) is 0 Å². The number of amides is 1. The molecule has 0 spiro atoms. The Morgan fingerprint density at radius 1 is 1.56 bits per heavy atom. The molecule has 0 bridgehead atoms. The molecular weight excluding hydrogens is 268 g/mol. The monoisotopic (exact) mass is 284 g/mol. The highest BCUT2D eigenvalue weighted by Crippen LogP contribution is 2.17. The van der Waals surface area contributed by atoms with Crippen molar-refractivity contribution in [3.05, 3.63) is 22.8 Å². The van der Waals surface area contributed by atoms with Gasteiger partial charge in [-0.15, -0.1) is 0 Å². The van der Waals surface area contributed by atoms with Gasteiger partial charge in [0.25, 0.3) is 0 Å². The van der Waals surface area contributed by atoms with Crippen molar-refractivity contribution in [3.8, 4) is 0 Å². The molecule has 1 heterocycles. The van der Waals surface area contributed by atoms with Gasteiger partial charge in [0.1, 0.15) is 5.82 Å². The molecule has 1 rings (SSSR count). The van der Waals surface area contributed by atoms with Gasteiger partial charge >= 0.3 is 0 Å². The number of anilines is 1. The van der Waals surface area contributed by atoms with Crippen LogP contribution < -0.4 is 4.90 Å². The first-order valence-corrected chi connectivity index (χ1v) is 6.18. The number of pyridine rings is 1. The zero-order valence-electron chi connectivity index (χ0n) is 9.90. The number of rotatable bonds is 4. The second kappa shape index (κ2) is 5.99. The highest BCUT2D eigenvalue weighted by molar-refractivity contribution is 9.10. The predicted octanol–water partition coefficient (Wildman–Crippen LogP) is 3.24. The van der Waals surface area contributed by atoms with Crippen LogP contribution in [0.25, 0.3) is 0 Å². The number of aromatic nitrogens is 1. The summed E-state index contributed by atoms with van der Waals surface area (Å²) >= 11 is 3.36. The third-order valence-electron chi connectivity index (χ3n) is 2.36. The molecule has 4 heteroatoms. The zero-order valence-corrected chi connectivity index (χ0v) is 11.5. The number of nitrogens with zero attached hydrogens (tertiary/aromatic N) is 2. The molecule has 88 valence electrons. The molecule has 16 heavy (non-hydrogen) atoms. The van der Waals surface area contributed by atoms with Crippen LogP contribution in [0.3, 0.4) is 0 Å². The van der Waals surface area contributed by atoms with Crippen molar-refractivity contribution in [2.24, 2.45) is 5.92 Å². The van der Waals surface area contributed by atoms with Crippen LogP contribution in [0, 0.1) is 5.92 Å². The van der Waals surface area contributed by atoms with Gasteiger partial charge in [0.2, 0.25) is 5.91 Å². The molecule has 0 fully saturated rings. The van der Waals surface area contributed by atoms with E-state index in [1.54, 1.807) is 18.1 Å². The minimum absolute atomic E-state index is 0.110. The quantitative estimate of drug-likeness (QED) is 0.850. The van der Waals surface area contributed by atoms with Crippen molar-refractivity contribution in [2.45, 2.75) is 26.7 Å². The van der Waals surface area contributed by atoms with E-state index in [-0.39, 0.29) is 5.91 Å². The largest absolute Gasteiger partial charge is 0.300 e. The summed E-state index contributed by atoms with van der Waals surface area (Å²) in [5, 5.41) is 0. The number of hydrogen-bond acceptors (Lipinski definition) is 2. The second-order valence-corrected chi connectivity index (χ2v) is 5.13. The smallest absolute Gasteiger partial charge is 0.227 e. The van der Waals surface area contributed by atoms with Gasteiger partial charge in [-0.1, -0.05) is 29.8 Å². The lowest BCUT2D eigenvalue weighted by Crippen LogP contribution is -2.27. The van der Waals surface area contributed by atoms with Gasteiger partial charge in [-0.3, -0.25) is 9.69 Å². The molecule has 1 aromatic heterocycles. The summed E-state index contributed by atoms with van der Waals surface area (Å²) in [7, 11) is 1.76. The summed E-state index contributed by atoms with van der Waals surface area (Å²) in [6.07, 6.45) is 3.17. The Morgan fingerprint density at radius 3 is 2.81 bits per heavy atom. The molecule has 0 aliphatic heterocycles. The fourth-order valence-corrected chi connectivity index (χ4v) is 1.61. The molecule has 0 saturated heterocycles. The Balaban J connectivity index is 2.63. The van der Waals surface area contributed by atoms with Gasteiger partial charge in [-0.05, 0) is 24.5 Å². The van der Waals surface area contributed by atoms with E-state index in [4.69, 9.17) is 0 Å². The van der Waals surface area contributed by atoms with Gasteiger partial charge in [0, 0.05) is 24.1 Å². The first kappa shape index (κ1) is 13.2. The maximum atomic E-state index is 11.8. The van der Waals surface area contributed by atoms with Gasteiger partial charge in [0.15, 0.2) is 0 Å². The van der Waals surface area contributed by atoms with E-state index in [1.165, 1.54) is 0 Å². The van der Waals surface area contributed by atoms with Crippen LogP contribution in [0.5, 0.6) is 0 Å². The van der Waals surface area contributed by atoms with Gasteiger partial charge in [-0.2, -0.15) is 0 Å². The minimum atomic E-state index is 0.110. The summed E-state index contributed by atoms with van der Waals surface area (Å²) in [4.78, 5) is 17.6. The van der Waals surface area contributed by atoms with E-state index in [0.717, 1.165) is 10.9 Å². The maximum Gasteiger partial charge on any atom is 0.227 e. The highest BCUT2D eigenvalue weighted by Gasteiger charge is 2.12. The SMILES string of the molecule is CC(C)CCC(=O)N(C)c1cc(Br)ccn1. The van der Waals surface area contributed by atoms with E-state index in [0.29, 0.717) is 18.2 Å². The number of carbonyl (C=O) groups excluding carboxylic acids is 1. The van der Waals surface area contributed by atoms with Crippen LogP contribution in [0.15, 0.2) is 22.8 Å². The molecule has 0 atom stereocenters. The van der Waals surface area contributed by atoms with Crippen LogP contribution in [0.4, 0.5) is 5.82 Å². The van der Waals surface area contributed by atoms with Crippen molar-refractivity contribution >= 4 is 27.7 Å². The van der Waals surface area contributed by atoms with E-state index in [2.05, 4.69) is 34.8 Å². The Kier molecular flexibility index (Phi) is 4.93. The Morgan fingerprint density at radius 2 is 2.25 bits per heavy atom. The number of carbonyl (C=O) groups is 1. The molecule has 0 saturated carbocycles. The number of halogens is 1. The fraction of sp³-hybridized carbons (Fsp3) is 0.500. The first-order chi connectivity index (χ1) is 7.50. The summed E-state index contributed by atoms with van der Waals surface area (Å²) in [5.41, 5.74) is 0. The molecule has 0 unspecified atom stereocenters. The Bertz CT molecular complexity index is 366. The molecule has 1 amide bonds. The van der Waals surface area contributed by atoms with Crippen molar-refractivity contribution in [2.75, 3.05) is 11.9 Å². The number of hydrogen-bond donors (Lipinski definition) is 0. The van der Waals surface area contributed by atoms with Crippen LogP contribution in [0.2, 0.25) is 0 Å². The first-order valence-electron chi connectivity index (χ1n) is 5.39. The highest BCUT2D eigenvalue weighted by atomic mass is 79.9. The zero-order chi connectivity index (χ0) is 12.1. The fourth-order valence-electron chi connectivity index (χ4n) is 1.28. The molecule has 0 aliphatic carbocycles. The molecule has 0 radical (unpaired) electrons. The Hall–Kier alpha value is -0.900. The Labute approximate surface area is 105 Å².